The van der Waals surface area contributed by atoms with Gasteiger partial charge >= 0.3 is 0 Å². The molecule has 3 aromatic rings. The lowest BCUT2D eigenvalue weighted by atomic mass is 10.0. The molecule has 9 heteroatoms. The molecule has 0 N–H and O–H groups in total. The number of amides is 1. The highest BCUT2D eigenvalue weighted by Gasteiger charge is 2.33. The van der Waals surface area contributed by atoms with Crippen LogP contribution in [0.2, 0.25) is 5.02 Å². The van der Waals surface area contributed by atoms with E-state index < -0.39 is 0 Å². The normalized spacial score (nSPS) is 18.1. The molecule has 2 aliphatic rings. The molecule has 1 amide bonds. The van der Waals surface area contributed by atoms with Gasteiger partial charge in [0.1, 0.15) is 4.32 Å². The van der Waals surface area contributed by atoms with Crippen LogP contribution in [0.1, 0.15) is 18.1 Å². The first-order valence-corrected chi connectivity index (χ1v) is 13.6. The van der Waals surface area contributed by atoms with E-state index in [0.29, 0.717) is 32.9 Å². The number of para-hydroxylation sites is 1. The van der Waals surface area contributed by atoms with Crippen LogP contribution in [0.15, 0.2) is 58.2 Å². The van der Waals surface area contributed by atoms with Crippen molar-refractivity contribution in [2.24, 2.45) is 0 Å². The van der Waals surface area contributed by atoms with Gasteiger partial charge in [-0.2, -0.15) is 0 Å². The first-order valence-electron chi connectivity index (χ1n) is 12.0. The highest BCUT2D eigenvalue weighted by Crippen LogP contribution is 2.37. The average Bonchev–Trinajstić information content (AvgIpc) is 3.14. The molecular formula is C27H27ClN4O2S2. The molecule has 2 aliphatic heterocycles. The molecule has 1 aromatic heterocycles. The Morgan fingerprint density at radius 2 is 1.72 bits per heavy atom. The zero-order chi connectivity index (χ0) is 25.4. The Bertz CT molecular complexity index is 1440. The number of carbonyl (C=O) groups is 1. The third-order valence-electron chi connectivity index (χ3n) is 6.75. The molecule has 2 aromatic carbocycles. The first-order chi connectivity index (χ1) is 17.4. The monoisotopic (exact) mass is 538 g/mol. The zero-order valence-electron chi connectivity index (χ0n) is 20.2. The number of pyridine rings is 1. The van der Waals surface area contributed by atoms with E-state index in [1.807, 2.05) is 43.3 Å². The topological polar surface area (TPSA) is 48.8 Å². The van der Waals surface area contributed by atoms with Gasteiger partial charge in [0.05, 0.1) is 28.2 Å². The maximum absolute atomic E-state index is 13.8. The third kappa shape index (κ3) is 4.59. The molecule has 6 nitrogen and oxygen atoms in total. The standard InChI is InChI=1S/C27H27ClN4O2S2/c1-3-31-22-11-7-5-9-19(22)24(30-14-12-29(2)13-15-30)20(25(31)33)16-23-26(34)32(27(35)36-23)17-18-8-4-6-10-21(18)28/h4-11,16H,3,12-15,17H2,1-2H3. The van der Waals surface area contributed by atoms with Crippen molar-refractivity contribution in [3.8, 4) is 0 Å². The minimum absolute atomic E-state index is 0.0958. The number of fused-ring (bicyclic) bond motifs is 1. The number of hydrogen-bond donors (Lipinski definition) is 0. The Labute approximate surface area is 225 Å². The van der Waals surface area contributed by atoms with Crippen LogP contribution in [0.5, 0.6) is 0 Å². The van der Waals surface area contributed by atoms with Gasteiger partial charge in [0.15, 0.2) is 0 Å². The second-order valence-corrected chi connectivity index (χ2v) is 11.1. The van der Waals surface area contributed by atoms with Gasteiger partial charge < -0.3 is 14.4 Å². The summed E-state index contributed by atoms with van der Waals surface area (Å²) < 4.78 is 2.24. The number of aryl methyl sites for hydroxylation is 1. The van der Waals surface area contributed by atoms with E-state index in [4.69, 9.17) is 23.8 Å². The van der Waals surface area contributed by atoms with Crippen molar-refractivity contribution in [2.75, 3.05) is 38.1 Å². The zero-order valence-corrected chi connectivity index (χ0v) is 22.6. The van der Waals surface area contributed by atoms with Gasteiger partial charge in [-0.3, -0.25) is 14.5 Å². The molecule has 2 saturated heterocycles. The number of thiocarbonyl (C=S) groups is 1. The van der Waals surface area contributed by atoms with Crippen LogP contribution >= 0.6 is 35.6 Å². The predicted octanol–water partition coefficient (Wildman–Crippen LogP) is 4.83. The Hall–Kier alpha value is -2.65. The highest BCUT2D eigenvalue weighted by atomic mass is 35.5. The maximum atomic E-state index is 13.8. The smallest absolute Gasteiger partial charge is 0.266 e. The molecule has 0 spiro atoms. The van der Waals surface area contributed by atoms with Crippen molar-refractivity contribution >= 4 is 68.5 Å². The van der Waals surface area contributed by atoms with Gasteiger partial charge in [-0.15, -0.1) is 0 Å². The summed E-state index contributed by atoms with van der Waals surface area (Å²) in [4.78, 5) is 33.9. The van der Waals surface area contributed by atoms with E-state index in [0.717, 1.165) is 48.3 Å². The van der Waals surface area contributed by atoms with E-state index in [9.17, 15) is 9.59 Å². The Kier molecular flexibility index (Phi) is 7.21. The molecule has 2 fully saturated rings. The Morgan fingerprint density at radius 3 is 2.44 bits per heavy atom. The SMILES string of the molecule is CCn1c(=O)c(C=C2SC(=S)N(Cc3ccccc3Cl)C2=O)c(N2CCN(C)CC2)c2ccccc21. The minimum atomic E-state index is -0.204. The summed E-state index contributed by atoms with van der Waals surface area (Å²) in [7, 11) is 2.11. The summed E-state index contributed by atoms with van der Waals surface area (Å²) in [6, 6.07) is 15.4. The van der Waals surface area contributed by atoms with Crippen molar-refractivity contribution in [1.82, 2.24) is 14.4 Å². The molecule has 36 heavy (non-hydrogen) atoms. The van der Waals surface area contributed by atoms with Crippen LogP contribution < -0.4 is 10.5 Å². The van der Waals surface area contributed by atoms with E-state index in [2.05, 4.69) is 22.9 Å². The largest absolute Gasteiger partial charge is 0.368 e. The fourth-order valence-corrected chi connectivity index (χ4v) is 6.22. The quantitative estimate of drug-likeness (QED) is 0.343. The minimum Gasteiger partial charge on any atom is -0.368 e. The van der Waals surface area contributed by atoms with E-state index in [-0.39, 0.29) is 11.5 Å². The van der Waals surface area contributed by atoms with Crippen LogP contribution in [0.25, 0.3) is 17.0 Å². The molecule has 0 bridgehead atoms. The molecule has 5 rings (SSSR count). The summed E-state index contributed by atoms with van der Waals surface area (Å²) in [5.74, 6) is -0.204. The summed E-state index contributed by atoms with van der Waals surface area (Å²) in [5.41, 5.74) is 3.07. The number of thioether (sulfide) groups is 1. The van der Waals surface area contributed by atoms with Crippen molar-refractivity contribution in [2.45, 2.75) is 20.0 Å². The second-order valence-electron chi connectivity index (χ2n) is 8.98. The number of anilines is 1. The van der Waals surface area contributed by atoms with Gasteiger partial charge in [0.25, 0.3) is 11.5 Å². The number of halogens is 1. The van der Waals surface area contributed by atoms with E-state index >= 15 is 0 Å². The lowest BCUT2D eigenvalue weighted by molar-refractivity contribution is -0.122. The number of rotatable bonds is 5. The number of hydrogen-bond acceptors (Lipinski definition) is 6. The van der Waals surface area contributed by atoms with Crippen LogP contribution in [0, 0.1) is 0 Å². The molecule has 0 atom stereocenters. The number of carbonyl (C=O) groups excluding carboxylic acids is 1. The lowest BCUT2D eigenvalue weighted by Gasteiger charge is -2.35. The van der Waals surface area contributed by atoms with Crippen molar-refractivity contribution in [3.05, 3.63) is 79.9 Å². The summed E-state index contributed by atoms with van der Waals surface area (Å²) in [6.07, 6.45) is 1.75. The van der Waals surface area contributed by atoms with E-state index in [1.54, 1.807) is 21.6 Å². The van der Waals surface area contributed by atoms with Crippen molar-refractivity contribution < 1.29 is 4.79 Å². The van der Waals surface area contributed by atoms with Crippen molar-refractivity contribution in [1.29, 1.82) is 0 Å². The molecule has 186 valence electrons. The average molecular weight is 539 g/mol. The van der Waals surface area contributed by atoms with Gasteiger partial charge in [-0.25, -0.2) is 0 Å². The second kappa shape index (κ2) is 10.4. The number of likely N-dealkylation sites (N-methyl/N-ethyl adjacent to an activating group) is 1. The Morgan fingerprint density at radius 1 is 1.03 bits per heavy atom. The van der Waals surface area contributed by atoms with Gasteiger partial charge in [0, 0.05) is 43.1 Å². The Balaban J connectivity index is 1.62. The summed E-state index contributed by atoms with van der Waals surface area (Å²) in [5, 5.41) is 1.61. The highest BCUT2D eigenvalue weighted by molar-refractivity contribution is 8.26. The van der Waals surface area contributed by atoms with Gasteiger partial charge in [0.2, 0.25) is 0 Å². The number of benzene rings is 2. The molecular weight excluding hydrogens is 512 g/mol. The maximum Gasteiger partial charge on any atom is 0.266 e. The first kappa shape index (κ1) is 25.0. The molecule has 0 unspecified atom stereocenters. The molecule has 0 saturated carbocycles. The molecule has 0 radical (unpaired) electrons. The number of piperazine rings is 1. The lowest BCUT2D eigenvalue weighted by Crippen LogP contribution is -2.45. The van der Waals surface area contributed by atoms with Crippen LogP contribution in [-0.2, 0) is 17.9 Å². The van der Waals surface area contributed by atoms with Crippen LogP contribution in [0.4, 0.5) is 5.69 Å². The van der Waals surface area contributed by atoms with Crippen molar-refractivity contribution in [3.63, 3.8) is 0 Å². The fraction of sp³-hybridized carbons (Fsp3) is 0.296. The summed E-state index contributed by atoms with van der Waals surface area (Å²) in [6.45, 7) is 6.24. The molecule has 3 heterocycles. The number of nitrogens with zero attached hydrogens (tertiary/aromatic N) is 4. The van der Waals surface area contributed by atoms with Crippen LogP contribution in [0.3, 0.4) is 0 Å². The van der Waals surface area contributed by atoms with Gasteiger partial charge in [-0.05, 0) is 37.7 Å². The summed E-state index contributed by atoms with van der Waals surface area (Å²) >= 11 is 13.1. The fourth-order valence-electron chi connectivity index (χ4n) is 4.79. The van der Waals surface area contributed by atoms with Crippen LogP contribution in [-0.4, -0.2) is 57.8 Å². The number of aromatic nitrogens is 1. The van der Waals surface area contributed by atoms with Gasteiger partial charge in [-0.1, -0.05) is 72.0 Å². The predicted molar refractivity (Wildman–Crippen MR) is 154 cm³/mol. The van der Waals surface area contributed by atoms with E-state index in [1.165, 1.54) is 11.8 Å². The third-order valence-corrected chi connectivity index (χ3v) is 8.50. The molecule has 0 aliphatic carbocycles.